The smallest absolute Gasteiger partial charge is 0.132 e. The minimum absolute atomic E-state index is 0.357. The first kappa shape index (κ1) is 13.7. The molecule has 0 aliphatic carbocycles. The first-order valence-corrected chi connectivity index (χ1v) is 6.76. The van der Waals surface area contributed by atoms with Gasteiger partial charge in [-0.3, -0.25) is 4.79 Å². The van der Waals surface area contributed by atoms with E-state index in [0.717, 1.165) is 34.3 Å². The Balaban J connectivity index is 2.40. The van der Waals surface area contributed by atoms with Crippen molar-refractivity contribution in [1.82, 2.24) is 0 Å². The molecule has 0 spiro atoms. The highest BCUT2D eigenvalue weighted by Gasteiger charge is 2.03. The van der Waals surface area contributed by atoms with E-state index in [1.165, 1.54) is 0 Å². The fourth-order valence-electron chi connectivity index (χ4n) is 1.60. The van der Waals surface area contributed by atoms with Crippen LogP contribution >= 0.6 is 27.5 Å². The van der Waals surface area contributed by atoms with E-state index < -0.39 is 0 Å². The standard InChI is InChI=1S/C13H16BrClO/c1-2-4-12(16)6-3-5-10-7-8-11(14)9-13(10)15/h7-9H,2-6H2,1H3. The molecule has 0 radical (unpaired) electrons. The third-order valence-electron chi connectivity index (χ3n) is 2.45. The van der Waals surface area contributed by atoms with Gasteiger partial charge in [-0.15, -0.1) is 0 Å². The molecule has 1 aromatic rings. The Labute approximate surface area is 110 Å². The van der Waals surface area contributed by atoms with Gasteiger partial charge in [0, 0.05) is 22.3 Å². The number of carbonyl (C=O) groups excluding carboxylic acids is 1. The lowest BCUT2D eigenvalue weighted by Gasteiger charge is -2.04. The van der Waals surface area contributed by atoms with Crippen LogP contribution < -0.4 is 0 Å². The molecule has 0 saturated heterocycles. The Morgan fingerprint density at radius 1 is 1.38 bits per heavy atom. The summed E-state index contributed by atoms with van der Waals surface area (Å²) in [5, 5.41) is 0.775. The SMILES string of the molecule is CCCC(=O)CCCc1ccc(Br)cc1Cl. The fourth-order valence-corrected chi connectivity index (χ4v) is 2.37. The molecule has 1 rings (SSSR count). The Bertz CT molecular complexity index is 363. The summed E-state index contributed by atoms with van der Waals surface area (Å²) >= 11 is 9.46. The molecule has 1 nitrogen and oxygen atoms in total. The maximum Gasteiger partial charge on any atom is 0.132 e. The first-order valence-electron chi connectivity index (χ1n) is 5.59. The van der Waals surface area contributed by atoms with Gasteiger partial charge in [0.05, 0.1) is 0 Å². The highest BCUT2D eigenvalue weighted by atomic mass is 79.9. The van der Waals surface area contributed by atoms with E-state index in [4.69, 9.17) is 11.6 Å². The quantitative estimate of drug-likeness (QED) is 0.738. The lowest BCUT2D eigenvalue weighted by molar-refractivity contribution is -0.119. The number of rotatable bonds is 6. The van der Waals surface area contributed by atoms with Crippen molar-refractivity contribution in [2.24, 2.45) is 0 Å². The van der Waals surface area contributed by atoms with Gasteiger partial charge in [0.25, 0.3) is 0 Å². The zero-order valence-corrected chi connectivity index (χ0v) is 11.8. The summed E-state index contributed by atoms with van der Waals surface area (Å²) in [5.41, 5.74) is 1.12. The van der Waals surface area contributed by atoms with Gasteiger partial charge >= 0.3 is 0 Å². The highest BCUT2D eigenvalue weighted by Crippen LogP contribution is 2.22. The van der Waals surface area contributed by atoms with E-state index in [0.29, 0.717) is 18.6 Å². The number of aryl methyl sites for hydroxylation is 1. The van der Waals surface area contributed by atoms with Crippen molar-refractivity contribution in [2.75, 3.05) is 0 Å². The summed E-state index contributed by atoms with van der Waals surface area (Å²) in [7, 11) is 0. The van der Waals surface area contributed by atoms with Crippen molar-refractivity contribution in [3.05, 3.63) is 33.3 Å². The van der Waals surface area contributed by atoms with Gasteiger partial charge in [-0.25, -0.2) is 0 Å². The predicted octanol–water partition coefficient (Wildman–Crippen LogP) is 4.79. The Morgan fingerprint density at radius 3 is 2.75 bits per heavy atom. The molecular weight excluding hydrogens is 287 g/mol. The molecule has 0 bridgehead atoms. The van der Waals surface area contributed by atoms with Crippen molar-refractivity contribution in [1.29, 1.82) is 0 Å². The van der Waals surface area contributed by atoms with Crippen molar-refractivity contribution < 1.29 is 4.79 Å². The van der Waals surface area contributed by atoms with Crippen LogP contribution in [0.25, 0.3) is 0 Å². The first-order chi connectivity index (χ1) is 7.63. The molecule has 0 heterocycles. The van der Waals surface area contributed by atoms with Crippen LogP contribution in [0, 0.1) is 0 Å². The molecule has 0 aliphatic rings. The number of hydrogen-bond acceptors (Lipinski definition) is 1. The molecule has 0 unspecified atom stereocenters. The molecule has 1 aromatic carbocycles. The molecule has 0 N–H and O–H groups in total. The molecule has 0 atom stereocenters. The van der Waals surface area contributed by atoms with Gasteiger partial charge in [0.1, 0.15) is 5.78 Å². The van der Waals surface area contributed by atoms with Gasteiger partial charge in [-0.1, -0.05) is 40.5 Å². The van der Waals surface area contributed by atoms with E-state index >= 15 is 0 Å². The Morgan fingerprint density at radius 2 is 2.12 bits per heavy atom. The Hall–Kier alpha value is -0.340. The van der Waals surface area contributed by atoms with E-state index in [1.807, 2.05) is 25.1 Å². The van der Waals surface area contributed by atoms with Crippen LogP contribution in [0.4, 0.5) is 0 Å². The number of Topliss-reactive ketones (excluding diaryl/α,β-unsaturated/α-hetero) is 1. The van der Waals surface area contributed by atoms with E-state index in [-0.39, 0.29) is 0 Å². The average molecular weight is 304 g/mol. The minimum atomic E-state index is 0.357. The van der Waals surface area contributed by atoms with Crippen LogP contribution in [0.15, 0.2) is 22.7 Å². The lowest BCUT2D eigenvalue weighted by atomic mass is 10.0. The minimum Gasteiger partial charge on any atom is -0.300 e. The van der Waals surface area contributed by atoms with Crippen LogP contribution in [0.1, 0.15) is 38.2 Å². The second-order valence-electron chi connectivity index (χ2n) is 3.88. The summed E-state index contributed by atoms with van der Waals surface area (Å²) in [6.45, 7) is 2.03. The monoisotopic (exact) mass is 302 g/mol. The largest absolute Gasteiger partial charge is 0.300 e. The fraction of sp³-hybridized carbons (Fsp3) is 0.462. The van der Waals surface area contributed by atoms with Gasteiger partial charge in [0.15, 0.2) is 0 Å². The van der Waals surface area contributed by atoms with E-state index in [2.05, 4.69) is 15.9 Å². The third-order valence-corrected chi connectivity index (χ3v) is 3.29. The predicted molar refractivity (Wildman–Crippen MR) is 72.0 cm³/mol. The van der Waals surface area contributed by atoms with Crippen LogP contribution in [-0.2, 0) is 11.2 Å². The van der Waals surface area contributed by atoms with Crippen LogP contribution in [-0.4, -0.2) is 5.78 Å². The molecule has 0 fully saturated rings. The normalized spacial score (nSPS) is 10.4. The molecule has 16 heavy (non-hydrogen) atoms. The topological polar surface area (TPSA) is 17.1 Å². The number of ketones is 1. The maximum atomic E-state index is 11.3. The number of hydrogen-bond donors (Lipinski definition) is 0. The molecule has 0 aliphatic heterocycles. The molecule has 88 valence electrons. The highest BCUT2D eigenvalue weighted by molar-refractivity contribution is 9.10. The number of carbonyl (C=O) groups is 1. The number of benzene rings is 1. The van der Waals surface area contributed by atoms with E-state index in [9.17, 15) is 4.79 Å². The summed E-state index contributed by atoms with van der Waals surface area (Å²) in [5.74, 6) is 0.357. The van der Waals surface area contributed by atoms with Crippen molar-refractivity contribution in [2.45, 2.75) is 39.0 Å². The zero-order valence-electron chi connectivity index (χ0n) is 9.43. The summed E-state index contributed by atoms with van der Waals surface area (Å²) in [6.07, 6.45) is 4.08. The third kappa shape index (κ3) is 4.67. The van der Waals surface area contributed by atoms with Crippen LogP contribution in [0.3, 0.4) is 0 Å². The summed E-state index contributed by atoms with van der Waals surface area (Å²) in [4.78, 5) is 11.3. The second-order valence-corrected chi connectivity index (χ2v) is 5.20. The molecule has 0 amide bonds. The van der Waals surface area contributed by atoms with Gasteiger partial charge < -0.3 is 0 Å². The van der Waals surface area contributed by atoms with Gasteiger partial charge in [-0.05, 0) is 37.0 Å². The van der Waals surface area contributed by atoms with Crippen molar-refractivity contribution in [3.8, 4) is 0 Å². The second kappa shape index (κ2) is 7.08. The molecule has 0 aromatic heterocycles. The van der Waals surface area contributed by atoms with Crippen molar-refractivity contribution in [3.63, 3.8) is 0 Å². The summed E-state index contributed by atoms with van der Waals surface area (Å²) in [6, 6.07) is 5.89. The molecular formula is C13H16BrClO. The zero-order chi connectivity index (χ0) is 12.0. The van der Waals surface area contributed by atoms with Gasteiger partial charge in [0.2, 0.25) is 0 Å². The summed E-state index contributed by atoms with van der Waals surface area (Å²) < 4.78 is 0.989. The van der Waals surface area contributed by atoms with E-state index in [1.54, 1.807) is 0 Å². The molecule has 0 saturated carbocycles. The average Bonchev–Trinajstić information content (AvgIpc) is 2.22. The Kier molecular flexibility index (Phi) is 6.07. The maximum absolute atomic E-state index is 11.3. The van der Waals surface area contributed by atoms with Gasteiger partial charge in [-0.2, -0.15) is 0 Å². The van der Waals surface area contributed by atoms with Crippen molar-refractivity contribution >= 4 is 33.3 Å². The molecule has 3 heteroatoms. The van der Waals surface area contributed by atoms with Crippen LogP contribution in [0.2, 0.25) is 5.02 Å². The van der Waals surface area contributed by atoms with Crippen LogP contribution in [0.5, 0.6) is 0 Å². The number of halogens is 2. The lowest BCUT2D eigenvalue weighted by Crippen LogP contribution is -1.98.